The zero-order valence-electron chi connectivity index (χ0n) is 10.3. The number of nitro benzene ring substituents is 1. The minimum Gasteiger partial charge on any atom is -0.481 e. The van der Waals surface area contributed by atoms with Crippen LogP contribution in [0.15, 0.2) is 18.2 Å². The van der Waals surface area contributed by atoms with Crippen LogP contribution in [0.2, 0.25) is 0 Å². The zero-order valence-corrected chi connectivity index (χ0v) is 10.3. The van der Waals surface area contributed by atoms with Crippen molar-refractivity contribution in [3.05, 3.63) is 33.9 Å². The van der Waals surface area contributed by atoms with E-state index in [1.807, 2.05) is 0 Å². The highest BCUT2D eigenvalue weighted by Crippen LogP contribution is 2.33. The number of nitrogens with zero attached hydrogens (tertiary/aromatic N) is 1. The molecule has 18 heavy (non-hydrogen) atoms. The average Bonchev–Trinajstić information content (AvgIpc) is 2.31. The third-order valence-electron chi connectivity index (χ3n) is 3.33. The van der Waals surface area contributed by atoms with E-state index < -0.39 is 11.0 Å². The summed E-state index contributed by atoms with van der Waals surface area (Å²) in [6.45, 7) is 1.68. The van der Waals surface area contributed by atoms with Gasteiger partial charge in [0.25, 0.3) is 0 Å². The van der Waals surface area contributed by atoms with E-state index >= 15 is 0 Å². The van der Waals surface area contributed by atoms with E-state index in [0.29, 0.717) is 12.0 Å². The van der Waals surface area contributed by atoms with Gasteiger partial charge in [-0.25, -0.2) is 0 Å². The lowest BCUT2D eigenvalue weighted by atomic mass is 9.95. The third-order valence-corrected chi connectivity index (χ3v) is 3.33. The Morgan fingerprint density at radius 1 is 1.39 bits per heavy atom. The molecule has 1 N–H and O–H groups in total. The molecule has 1 aliphatic carbocycles. The molecule has 0 aliphatic heterocycles. The molecule has 2 unspecified atom stereocenters. The number of aliphatic hydroxyl groups excluding tert-OH is 1. The molecule has 5 heteroatoms. The molecule has 1 aromatic carbocycles. The third kappa shape index (κ3) is 2.61. The van der Waals surface area contributed by atoms with Crippen molar-refractivity contribution >= 4 is 5.69 Å². The Morgan fingerprint density at radius 3 is 2.78 bits per heavy atom. The fourth-order valence-electron chi connectivity index (χ4n) is 2.34. The topological polar surface area (TPSA) is 72.6 Å². The highest BCUT2D eigenvalue weighted by molar-refractivity contribution is 5.52. The molecule has 1 saturated carbocycles. The van der Waals surface area contributed by atoms with E-state index in [9.17, 15) is 15.2 Å². The van der Waals surface area contributed by atoms with E-state index in [2.05, 4.69) is 0 Å². The lowest BCUT2D eigenvalue weighted by Gasteiger charge is -2.28. The van der Waals surface area contributed by atoms with Gasteiger partial charge in [0.05, 0.1) is 11.0 Å². The van der Waals surface area contributed by atoms with Crippen LogP contribution < -0.4 is 4.74 Å². The van der Waals surface area contributed by atoms with Crippen LogP contribution >= 0.6 is 0 Å². The largest absolute Gasteiger partial charge is 0.481 e. The molecule has 0 heterocycles. The summed E-state index contributed by atoms with van der Waals surface area (Å²) in [5, 5.41) is 20.9. The van der Waals surface area contributed by atoms with E-state index in [-0.39, 0.29) is 17.5 Å². The summed E-state index contributed by atoms with van der Waals surface area (Å²) >= 11 is 0. The van der Waals surface area contributed by atoms with Crippen LogP contribution in [0.25, 0.3) is 0 Å². The molecule has 0 radical (unpaired) electrons. The Hall–Kier alpha value is -1.62. The summed E-state index contributed by atoms with van der Waals surface area (Å²) in [5.74, 6) is 0.256. The predicted octanol–water partition coefficient (Wildman–Crippen LogP) is 2.59. The van der Waals surface area contributed by atoms with Gasteiger partial charge in [0.1, 0.15) is 6.10 Å². The molecule has 1 aromatic rings. The number of hydrogen-bond donors (Lipinski definition) is 1. The van der Waals surface area contributed by atoms with E-state index in [4.69, 9.17) is 4.74 Å². The van der Waals surface area contributed by atoms with Crippen LogP contribution in [0, 0.1) is 17.0 Å². The minimum absolute atomic E-state index is 0.00438. The average molecular weight is 251 g/mol. The minimum atomic E-state index is -0.529. The van der Waals surface area contributed by atoms with Crippen LogP contribution in [0.5, 0.6) is 5.75 Å². The van der Waals surface area contributed by atoms with Gasteiger partial charge in [-0.2, -0.15) is 0 Å². The molecule has 1 fully saturated rings. The van der Waals surface area contributed by atoms with Crippen molar-refractivity contribution in [2.75, 3.05) is 0 Å². The number of ether oxygens (including phenoxy) is 1. The molecule has 2 atom stereocenters. The molecule has 0 aromatic heterocycles. The first-order valence-corrected chi connectivity index (χ1v) is 6.18. The van der Waals surface area contributed by atoms with Crippen molar-refractivity contribution in [2.24, 2.45) is 0 Å². The number of aryl methyl sites for hydroxylation is 1. The Kier molecular flexibility index (Phi) is 3.81. The summed E-state index contributed by atoms with van der Waals surface area (Å²) in [6, 6.07) is 5.00. The highest BCUT2D eigenvalue weighted by Gasteiger charge is 2.28. The first kappa shape index (κ1) is 12.8. The maximum Gasteiger partial charge on any atom is 0.313 e. The monoisotopic (exact) mass is 251 g/mol. The van der Waals surface area contributed by atoms with Crippen LogP contribution in [-0.4, -0.2) is 22.2 Å². The van der Waals surface area contributed by atoms with Gasteiger partial charge in [0.2, 0.25) is 0 Å². The number of aliphatic hydroxyl groups is 1. The van der Waals surface area contributed by atoms with Crippen molar-refractivity contribution in [2.45, 2.75) is 44.8 Å². The maximum atomic E-state index is 11.0. The van der Waals surface area contributed by atoms with Crippen molar-refractivity contribution in [1.29, 1.82) is 0 Å². The summed E-state index contributed by atoms with van der Waals surface area (Å²) < 4.78 is 5.65. The van der Waals surface area contributed by atoms with Gasteiger partial charge in [-0.1, -0.05) is 18.6 Å². The summed E-state index contributed by atoms with van der Waals surface area (Å²) in [7, 11) is 0. The van der Waals surface area contributed by atoms with E-state index in [1.165, 1.54) is 0 Å². The molecule has 0 saturated heterocycles. The van der Waals surface area contributed by atoms with Crippen LogP contribution in [0.4, 0.5) is 5.69 Å². The van der Waals surface area contributed by atoms with Crippen LogP contribution in [0.1, 0.15) is 31.2 Å². The molecule has 0 bridgehead atoms. The fraction of sp³-hybridized carbons (Fsp3) is 0.538. The fourth-order valence-corrected chi connectivity index (χ4v) is 2.34. The predicted molar refractivity (Wildman–Crippen MR) is 66.7 cm³/mol. The maximum absolute atomic E-state index is 11.0. The van der Waals surface area contributed by atoms with Gasteiger partial charge in [-0.3, -0.25) is 10.1 Å². The molecule has 2 rings (SSSR count). The molecule has 0 amide bonds. The van der Waals surface area contributed by atoms with Gasteiger partial charge in [-0.05, 0) is 32.3 Å². The molecular weight excluding hydrogens is 234 g/mol. The molecule has 0 spiro atoms. The smallest absolute Gasteiger partial charge is 0.313 e. The highest BCUT2D eigenvalue weighted by atomic mass is 16.6. The number of para-hydroxylation sites is 1. The van der Waals surface area contributed by atoms with Crippen LogP contribution in [-0.2, 0) is 0 Å². The zero-order chi connectivity index (χ0) is 13.1. The lowest BCUT2D eigenvalue weighted by molar-refractivity contribution is -0.386. The van der Waals surface area contributed by atoms with Gasteiger partial charge in [0.15, 0.2) is 5.75 Å². The summed E-state index contributed by atoms with van der Waals surface area (Å²) in [6.07, 6.45) is 2.55. The Labute approximate surface area is 106 Å². The van der Waals surface area contributed by atoms with Gasteiger partial charge in [-0.15, -0.1) is 0 Å². The van der Waals surface area contributed by atoms with Gasteiger partial charge in [0, 0.05) is 5.56 Å². The number of rotatable bonds is 3. The number of benzene rings is 1. The first-order valence-electron chi connectivity index (χ1n) is 6.18. The van der Waals surface area contributed by atoms with Crippen molar-refractivity contribution < 1.29 is 14.8 Å². The molecule has 5 nitrogen and oxygen atoms in total. The molecule has 98 valence electrons. The number of hydrogen-bond acceptors (Lipinski definition) is 4. The normalized spacial score (nSPS) is 23.7. The van der Waals surface area contributed by atoms with E-state index in [1.54, 1.807) is 25.1 Å². The molecule has 1 aliphatic rings. The summed E-state index contributed by atoms with van der Waals surface area (Å²) in [4.78, 5) is 10.6. The quantitative estimate of drug-likeness (QED) is 0.662. The van der Waals surface area contributed by atoms with Crippen LogP contribution in [0.3, 0.4) is 0 Å². The second-order valence-corrected chi connectivity index (χ2v) is 4.69. The standard InChI is InChI=1S/C13H17NO4/c1-9-5-4-8-12(13(9)14(16)17)18-11-7-3-2-6-10(11)15/h4-5,8,10-11,15H,2-3,6-7H2,1H3. The van der Waals surface area contributed by atoms with Crippen molar-refractivity contribution in [3.8, 4) is 5.75 Å². The van der Waals surface area contributed by atoms with Gasteiger partial charge < -0.3 is 9.84 Å². The van der Waals surface area contributed by atoms with E-state index in [0.717, 1.165) is 19.3 Å². The van der Waals surface area contributed by atoms with Crippen molar-refractivity contribution in [1.82, 2.24) is 0 Å². The lowest BCUT2D eigenvalue weighted by Crippen LogP contribution is -2.34. The summed E-state index contributed by atoms with van der Waals surface area (Å²) in [5.41, 5.74) is 0.568. The number of nitro groups is 1. The Balaban J connectivity index is 2.23. The Bertz CT molecular complexity index is 447. The first-order chi connectivity index (χ1) is 8.59. The second kappa shape index (κ2) is 5.35. The second-order valence-electron chi connectivity index (χ2n) is 4.69. The van der Waals surface area contributed by atoms with Crippen molar-refractivity contribution in [3.63, 3.8) is 0 Å². The van der Waals surface area contributed by atoms with Gasteiger partial charge >= 0.3 is 5.69 Å². The SMILES string of the molecule is Cc1cccc(OC2CCCCC2O)c1[N+](=O)[O-]. The molecular formula is C13H17NO4. The Morgan fingerprint density at radius 2 is 2.11 bits per heavy atom.